The molecular weight excluding hydrogens is 541 g/mol. The molecule has 0 aliphatic carbocycles. The zero-order chi connectivity index (χ0) is 28.3. The van der Waals surface area contributed by atoms with Crippen molar-refractivity contribution >= 4 is 66.5 Å². The van der Waals surface area contributed by atoms with Gasteiger partial charge in [0.2, 0.25) is 0 Å². The highest BCUT2D eigenvalue weighted by Crippen LogP contribution is 2.40. The number of aromatic nitrogens is 1. The summed E-state index contributed by atoms with van der Waals surface area (Å²) in [6.07, 6.45) is 0.859. The van der Waals surface area contributed by atoms with Crippen LogP contribution in [0, 0.1) is 0 Å². The van der Waals surface area contributed by atoms with Crippen LogP contribution in [0.1, 0.15) is 11.1 Å². The molecule has 2 heterocycles. The smallest absolute Gasteiger partial charge is 0.0669 e. The van der Waals surface area contributed by atoms with E-state index in [1.165, 1.54) is 70.0 Å². The number of nitrogens with zero attached hydrogens (tertiary/aromatic N) is 2. The predicted molar refractivity (Wildman–Crippen MR) is 183 cm³/mol. The van der Waals surface area contributed by atoms with Crippen LogP contribution in [0.4, 0.5) is 5.69 Å². The van der Waals surface area contributed by atoms with Crippen molar-refractivity contribution in [2.45, 2.75) is 16.2 Å². The van der Waals surface area contributed by atoms with Crippen molar-refractivity contribution in [2.75, 3.05) is 0 Å². The van der Waals surface area contributed by atoms with Crippen LogP contribution in [0.2, 0.25) is 0 Å². The van der Waals surface area contributed by atoms with E-state index >= 15 is 0 Å². The van der Waals surface area contributed by atoms with Crippen LogP contribution in [0.5, 0.6) is 0 Å². The third kappa shape index (κ3) is 4.00. The zero-order valence-corrected chi connectivity index (χ0v) is 24.2. The van der Waals surface area contributed by atoms with E-state index < -0.39 is 0 Å². The van der Waals surface area contributed by atoms with Crippen LogP contribution in [0.3, 0.4) is 0 Å². The standard InChI is InChI=1S/C40H26N2S/c1-2-12-28-24-39(34(22-27(28)11-1)36-23-29-13-4-7-18-35(29)41-36)43-31-15-9-14-30(25-31)42-37-19-8-6-17-33(37)40-32-16-5-3-10-26(32)20-21-38(40)42/h1-22,24-25H,23H2. The summed E-state index contributed by atoms with van der Waals surface area (Å²) in [5.41, 5.74) is 8.35. The molecule has 0 radical (unpaired) electrons. The van der Waals surface area contributed by atoms with Gasteiger partial charge >= 0.3 is 0 Å². The van der Waals surface area contributed by atoms with Crippen LogP contribution in [0.25, 0.3) is 49.0 Å². The predicted octanol–water partition coefficient (Wildman–Crippen LogP) is 10.9. The van der Waals surface area contributed by atoms with E-state index in [9.17, 15) is 0 Å². The quantitative estimate of drug-likeness (QED) is 0.207. The summed E-state index contributed by atoms with van der Waals surface area (Å²) in [5.74, 6) is 0. The second-order valence-electron chi connectivity index (χ2n) is 11.2. The minimum Gasteiger partial charge on any atom is -0.309 e. The monoisotopic (exact) mass is 566 g/mol. The van der Waals surface area contributed by atoms with Gasteiger partial charge in [0.25, 0.3) is 0 Å². The van der Waals surface area contributed by atoms with Gasteiger partial charge in [0.15, 0.2) is 0 Å². The highest BCUT2D eigenvalue weighted by molar-refractivity contribution is 7.99. The maximum Gasteiger partial charge on any atom is 0.0669 e. The molecule has 1 aliphatic rings. The van der Waals surface area contributed by atoms with Gasteiger partial charge in [0, 0.05) is 38.2 Å². The first-order chi connectivity index (χ1) is 21.3. The third-order valence-corrected chi connectivity index (χ3v) is 9.68. The van der Waals surface area contributed by atoms with E-state index in [2.05, 4.69) is 150 Å². The zero-order valence-electron chi connectivity index (χ0n) is 23.4. The van der Waals surface area contributed by atoms with Crippen molar-refractivity contribution in [1.29, 1.82) is 0 Å². The number of hydrogen-bond donors (Lipinski definition) is 0. The Labute approximate surface area is 253 Å². The maximum absolute atomic E-state index is 5.08. The van der Waals surface area contributed by atoms with Gasteiger partial charge < -0.3 is 4.57 Å². The Balaban J connectivity index is 1.19. The van der Waals surface area contributed by atoms with Gasteiger partial charge in [0.05, 0.1) is 22.4 Å². The summed E-state index contributed by atoms with van der Waals surface area (Å²) in [4.78, 5) is 7.52. The Hall–Kier alpha value is -5.12. The molecule has 0 fully saturated rings. The molecule has 9 rings (SSSR count). The molecule has 8 aromatic rings. The summed E-state index contributed by atoms with van der Waals surface area (Å²) in [7, 11) is 0. The first-order valence-electron chi connectivity index (χ1n) is 14.7. The fourth-order valence-corrected chi connectivity index (χ4v) is 7.70. The van der Waals surface area contributed by atoms with Gasteiger partial charge in [-0.15, -0.1) is 0 Å². The summed E-state index contributed by atoms with van der Waals surface area (Å²) < 4.78 is 2.42. The first-order valence-corrected chi connectivity index (χ1v) is 15.5. The number of fused-ring (bicyclic) bond motifs is 7. The van der Waals surface area contributed by atoms with Crippen LogP contribution in [0.15, 0.2) is 160 Å². The van der Waals surface area contributed by atoms with Crippen LogP contribution in [-0.4, -0.2) is 10.3 Å². The Morgan fingerprint density at radius 1 is 0.558 bits per heavy atom. The summed E-state index contributed by atoms with van der Waals surface area (Å²) in [6.45, 7) is 0. The van der Waals surface area contributed by atoms with Crippen LogP contribution >= 0.6 is 11.8 Å². The Morgan fingerprint density at radius 3 is 2.19 bits per heavy atom. The van der Waals surface area contributed by atoms with Crippen LogP contribution < -0.4 is 0 Å². The van der Waals surface area contributed by atoms with Crippen molar-refractivity contribution in [3.05, 3.63) is 157 Å². The van der Waals surface area contributed by atoms with E-state index in [1.54, 1.807) is 0 Å². The molecular formula is C40H26N2S. The van der Waals surface area contributed by atoms with Crippen molar-refractivity contribution in [3.8, 4) is 5.69 Å². The highest BCUT2D eigenvalue weighted by atomic mass is 32.2. The number of benzene rings is 7. The second kappa shape index (κ2) is 9.72. The fraction of sp³-hybridized carbons (Fsp3) is 0.0250. The van der Waals surface area contributed by atoms with Gasteiger partial charge in [-0.2, -0.15) is 0 Å². The minimum absolute atomic E-state index is 0.859. The van der Waals surface area contributed by atoms with Gasteiger partial charge in [-0.05, 0) is 75.6 Å². The fourth-order valence-electron chi connectivity index (χ4n) is 6.65. The van der Waals surface area contributed by atoms with Gasteiger partial charge in [-0.1, -0.05) is 109 Å². The lowest BCUT2D eigenvalue weighted by Gasteiger charge is -2.14. The second-order valence-corrected chi connectivity index (χ2v) is 12.3. The van der Waals surface area contributed by atoms with Crippen molar-refractivity contribution < 1.29 is 0 Å². The van der Waals surface area contributed by atoms with Crippen LogP contribution in [-0.2, 0) is 6.42 Å². The largest absolute Gasteiger partial charge is 0.309 e. The topological polar surface area (TPSA) is 17.3 Å². The molecule has 0 saturated heterocycles. The molecule has 1 aliphatic heterocycles. The molecule has 3 heteroatoms. The van der Waals surface area contributed by atoms with E-state index in [1.807, 2.05) is 11.8 Å². The normalized spacial score (nSPS) is 12.8. The van der Waals surface area contributed by atoms with Crippen molar-refractivity contribution in [1.82, 2.24) is 4.57 Å². The lowest BCUT2D eigenvalue weighted by atomic mass is 10.0. The molecule has 1 aromatic heterocycles. The van der Waals surface area contributed by atoms with Gasteiger partial charge in [0.1, 0.15) is 0 Å². The van der Waals surface area contributed by atoms with E-state index in [4.69, 9.17) is 4.99 Å². The molecule has 202 valence electrons. The van der Waals surface area contributed by atoms with Gasteiger partial charge in [-0.25, -0.2) is 0 Å². The summed E-state index contributed by atoms with van der Waals surface area (Å²) in [5, 5.41) is 7.63. The van der Waals surface area contributed by atoms with E-state index in [-0.39, 0.29) is 0 Å². The summed E-state index contributed by atoms with van der Waals surface area (Å²) in [6, 6.07) is 52.7. The Morgan fingerprint density at radius 2 is 1.30 bits per heavy atom. The van der Waals surface area contributed by atoms with Crippen molar-refractivity contribution in [2.24, 2.45) is 4.99 Å². The SMILES string of the molecule is c1cc(Sc2cc3ccccc3cc2C2=Nc3ccccc3C2)cc(-n2c3ccccc3c3c4ccccc4ccc32)c1. The maximum atomic E-state index is 5.08. The summed E-state index contributed by atoms with van der Waals surface area (Å²) >= 11 is 1.83. The first kappa shape index (κ1) is 24.5. The lowest BCUT2D eigenvalue weighted by Crippen LogP contribution is -2.03. The molecule has 0 atom stereocenters. The number of para-hydroxylation sites is 2. The molecule has 7 aromatic carbocycles. The molecule has 43 heavy (non-hydrogen) atoms. The third-order valence-electron chi connectivity index (χ3n) is 8.63. The lowest BCUT2D eigenvalue weighted by molar-refractivity contribution is 1.16. The minimum atomic E-state index is 0.859. The molecule has 0 N–H and O–H groups in total. The molecule has 0 saturated carbocycles. The molecule has 0 amide bonds. The Kier molecular flexibility index (Phi) is 5.53. The average molecular weight is 567 g/mol. The van der Waals surface area contributed by atoms with Gasteiger partial charge in [-0.3, -0.25) is 4.99 Å². The Bertz CT molecular complexity index is 2410. The van der Waals surface area contributed by atoms with Crippen molar-refractivity contribution in [3.63, 3.8) is 0 Å². The van der Waals surface area contributed by atoms with E-state index in [0.717, 1.165) is 17.8 Å². The average Bonchev–Trinajstić information content (AvgIpc) is 3.64. The number of aliphatic imine (C=N–C) groups is 1. The molecule has 0 spiro atoms. The number of rotatable bonds is 4. The number of hydrogen-bond acceptors (Lipinski definition) is 2. The van der Waals surface area contributed by atoms with E-state index in [0.29, 0.717) is 0 Å². The molecule has 0 unspecified atom stereocenters. The molecule has 2 nitrogen and oxygen atoms in total. The molecule has 0 bridgehead atoms. The highest BCUT2D eigenvalue weighted by Gasteiger charge is 2.20.